The van der Waals surface area contributed by atoms with Crippen LogP contribution < -0.4 is 5.32 Å². The van der Waals surface area contributed by atoms with Crippen molar-refractivity contribution in [2.75, 3.05) is 25.4 Å². The molecule has 6 heteroatoms. The van der Waals surface area contributed by atoms with Crippen molar-refractivity contribution in [2.45, 2.75) is 30.9 Å². The summed E-state index contributed by atoms with van der Waals surface area (Å²) in [5.74, 6) is 0.0657. The van der Waals surface area contributed by atoms with Gasteiger partial charge < -0.3 is 10.1 Å². The van der Waals surface area contributed by atoms with E-state index in [0.717, 1.165) is 25.9 Å². The van der Waals surface area contributed by atoms with Crippen LogP contribution in [0.4, 0.5) is 13.2 Å². The van der Waals surface area contributed by atoms with Gasteiger partial charge in [0.2, 0.25) is 0 Å². The van der Waals surface area contributed by atoms with Gasteiger partial charge >= 0.3 is 5.51 Å². The second-order valence-corrected chi connectivity index (χ2v) is 4.65. The Morgan fingerprint density at radius 2 is 2.13 bits per heavy atom. The Morgan fingerprint density at radius 3 is 2.73 bits per heavy atom. The van der Waals surface area contributed by atoms with Gasteiger partial charge in [0.15, 0.2) is 0 Å². The molecule has 0 aromatic carbocycles. The van der Waals surface area contributed by atoms with Crippen molar-refractivity contribution >= 4 is 11.8 Å². The third kappa shape index (κ3) is 7.03. The normalized spacial score (nSPS) is 23.0. The molecule has 0 amide bonds. The van der Waals surface area contributed by atoms with E-state index in [4.69, 9.17) is 4.74 Å². The average molecular weight is 243 g/mol. The van der Waals surface area contributed by atoms with Gasteiger partial charge in [-0.05, 0) is 31.0 Å². The largest absolute Gasteiger partial charge is 0.441 e. The third-order valence-corrected chi connectivity index (χ3v) is 2.93. The summed E-state index contributed by atoms with van der Waals surface area (Å²) in [4.78, 5) is 0. The summed E-state index contributed by atoms with van der Waals surface area (Å²) in [6, 6.07) is 0. The van der Waals surface area contributed by atoms with Crippen molar-refractivity contribution in [3.63, 3.8) is 0 Å². The first kappa shape index (κ1) is 13.1. The van der Waals surface area contributed by atoms with Crippen molar-refractivity contribution in [3.8, 4) is 0 Å². The minimum absolute atomic E-state index is 0.0169. The molecule has 0 radical (unpaired) electrons. The SMILES string of the molecule is FC(F)(F)SCCNCC1CCCCO1. The lowest BCUT2D eigenvalue weighted by atomic mass is 10.1. The van der Waals surface area contributed by atoms with Crippen molar-refractivity contribution in [3.05, 3.63) is 0 Å². The maximum absolute atomic E-state index is 11.7. The molecule has 1 fully saturated rings. The van der Waals surface area contributed by atoms with Crippen molar-refractivity contribution in [1.82, 2.24) is 5.32 Å². The minimum Gasteiger partial charge on any atom is -0.377 e. The van der Waals surface area contributed by atoms with Gasteiger partial charge in [0.25, 0.3) is 0 Å². The maximum Gasteiger partial charge on any atom is 0.441 e. The van der Waals surface area contributed by atoms with Gasteiger partial charge in [-0.25, -0.2) is 0 Å². The average Bonchev–Trinajstić information content (AvgIpc) is 2.17. The highest BCUT2D eigenvalue weighted by atomic mass is 32.2. The van der Waals surface area contributed by atoms with Gasteiger partial charge in [-0.3, -0.25) is 0 Å². The first-order chi connectivity index (χ1) is 7.08. The molecule has 0 aromatic rings. The highest BCUT2D eigenvalue weighted by molar-refractivity contribution is 8.00. The van der Waals surface area contributed by atoms with Gasteiger partial charge in [-0.15, -0.1) is 0 Å². The Labute approximate surface area is 91.9 Å². The summed E-state index contributed by atoms with van der Waals surface area (Å²) in [6.45, 7) is 1.83. The number of hydrogen-bond donors (Lipinski definition) is 1. The number of ether oxygens (including phenoxy) is 1. The van der Waals surface area contributed by atoms with Gasteiger partial charge in [0.1, 0.15) is 0 Å². The van der Waals surface area contributed by atoms with E-state index in [1.54, 1.807) is 0 Å². The third-order valence-electron chi connectivity index (χ3n) is 2.19. The van der Waals surface area contributed by atoms with Crippen LogP contribution in [0.15, 0.2) is 0 Å². The second-order valence-electron chi connectivity index (χ2n) is 3.49. The number of halogens is 3. The van der Waals surface area contributed by atoms with Crippen LogP contribution in [-0.4, -0.2) is 37.1 Å². The second kappa shape index (κ2) is 6.60. The summed E-state index contributed by atoms with van der Waals surface area (Å²) in [5, 5.41) is 2.98. The van der Waals surface area contributed by atoms with Crippen LogP contribution >= 0.6 is 11.8 Å². The molecule has 0 saturated carbocycles. The summed E-state index contributed by atoms with van der Waals surface area (Å²) >= 11 is 0.0169. The van der Waals surface area contributed by atoms with E-state index in [1.165, 1.54) is 0 Å². The molecule has 0 bridgehead atoms. The fourth-order valence-electron chi connectivity index (χ4n) is 1.47. The number of thioether (sulfide) groups is 1. The van der Waals surface area contributed by atoms with E-state index < -0.39 is 5.51 Å². The molecule has 1 atom stereocenters. The number of alkyl halides is 3. The summed E-state index contributed by atoms with van der Waals surface area (Å²) in [7, 11) is 0. The molecule has 0 aromatic heterocycles. The monoisotopic (exact) mass is 243 g/mol. The Kier molecular flexibility index (Phi) is 5.78. The smallest absolute Gasteiger partial charge is 0.377 e. The molecule has 1 saturated heterocycles. The van der Waals surface area contributed by atoms with E-state index in [1.807, 2.05) is 0 Å². The molecule has 1 heterocycles. The lowest BCUT2D eigenvalue weighted by Crippen LogP contribution is -2.33. The molecule has 90 valence electrons. The van der Waals surface area contributed by atoms with Crippen molar-refractivity contribution in [1.29, 1.82) is 0 Å². The van der Waals surface area contributed by atoms with Gasteiger partial charge in [0, 0.05) is 25.4 Å². The molecule has 2 nitrogen and oxygen atoms in total. The van der Waals surface area contributed by atoms with Gasteiger partial charge in [-0.1, -0.05) is 0 Å². The van der Waals surface area contributed by atoms with E-state index >= 15 is 0 Å². The van der Waals surface area contributed by atoms with Crippen LogP contribution in [0.1, 0.15) is 19.3 Å². The van der Waals surface area contributed by atoms with Crippen LogP contribution in [-0.2, 0) is 4.74 Å². The Hall–Kier alpha value is 0.0600. The van der Waals surface area contributed by atoms with Crippen LogP contribution in [0.5, 0.6) is 0 Å². The maximum atomic E-state index is 11.7. The highest BCUT2D eigenvalue weighted by Gasteiger charge is 2.27. The van der Waals surface area contributed by atoms with E-state index in [0.29, 0.717) is 13.1 Å². The molecule has 1 aliphatic rings. The minimum atomic E-state index is -4.11. The first-order valence-electron chi connectivity index (χ1n) is 5.11. The zero-order valence-corrected chi connectivity index (χ0v) is 9.29. The molecule has 0 spiro atoms. The van der Waals surface area contributed by atoms with Gasteiger partial charge in [0.05, 0.1) is 6.10 Å². The van der Waals surface area contributed by atoms with Crippen LogP contribution in [0, 0.1) is 0 Å². The Bertz CT molecular complexity index is 171. The topological polar surface area (TPSA) is 21.3 Å². The summed E-state index contributed by atoms with van der Waals surface area (Å²) < 4.78 is 40.7. The zero-order valence-electron chi connectivity index (χ0n) is 8.48. The van der Waals surface area contributed by atoms with E-state index in [-0.39, 0.29) is 23.6 Å². The number of rotatable bonds is 5. The van der Waals surface area contributed by atoms with Crippen molar-refractivity contribution < 1.29 is 17.9 Å². The molecule has 1 unspecified atom stereocenters. The molecular weight excluding hydrogens is 227 g/mol. The number of nitrogens with one attached hydrogen (secondary N) is 1. The molecule has 1 aliphatic heterocycles. The number of hydrogen-bond acceptors (Lipinski definition) is 3. The summed E-state index contributed by atoms with van der Waals surface area (Å²) in [6.07, 6.45) is 3.46. The standard InChI is InChI=1S/C9H16F3NOS/c10-9(11,12)15-6-4-13-7-8-3-1-2-5-14-8/h8,13H,1-7H2. The predicted octanol–water partition coefficient (Wildman–Crippen LogP) is 2.40. The first-order valence-corrected chi connectivity index (χ1v) is 6.09. The van der Waals surface area contributed by atoms with Crippen LogP contribution in [0.2, 0.25) is 0 Å². The van der Waals surface area contributed by atoms with Crippen LogP contribution in [0.3, 0.4) is 0 Å². The lowest BCUT2D eigenvalue weighted by Gasteiger charge is -2.22. The molecular formula is C9H16F3NOS. The lowest BCUT2D eigenvalue weighted by molar-refractivity contribution is -0.0327. The zero-order chi connectivity index (χ0) is 11.1. The van der Waals surface area contributed by atoms with Crippen LogP contribution in [0.25, 0.3) is 0 Å². The highest BCUT2D eigenvalue weighted by Crippen LogP contribution is 2.29. The molecule has 1 rings (SSSR count). The van der Waals surface area contributed by atoms with E-state index in [2.05, 4.69) is 5.32 Å². The Morgan fingerprint density at radius 1 is 1.33 bits per heavy atom. The molecule has 0 aliphatic carbocycles. The quantitative estimate of drug-likeness (QED) is 0.749. The summed E-state index contributed by atoms with van der Waals surface area (Å²) in [5.41, 5.74) is -4.11. The Balaban J connectivity index is 1.92. The van der Waals surface area contributed by atoms with Crippen molar-refractivity contribution in [2.24, 2.45) is 0 Å². The predicted molar refractivity (Wildman–Crippen MR) is 55.0 cm³/mol. The molecule has 15 heavy (non-hydrogen) atoms. The molecule has 1 N–H and O–H groups in total. The fourth-order valence-corrected chi connectivity index (χ4v) is 1.95. The van der Waals surface area contributed by atoms with Gasteiger partial charge in [-0.2, -0.15) is 13.2 Å². The fraction of sp³-hybridized carbons (Fsp3) is 1.00. The van der Waals surface area contributed by atoms with E-state index in [9.17, 15) is 13.2 Å².